The predicted octanol–water partition coefficient (Wildman–Crippen LogP) is 5.78. The van der Waals surface area contributed by atoms with Gasteiger partial charge in [0.05, 0.1) is 5.02 Å². The molecule has 0 saturated carbocycles. The van der Waals surface area contributed by atoms with Gasteiger partial charge in [0.15, 0.2) is 6.10 Å². The molecule has 0 fully saturated rings. The van der Waals surface area contributed by atoms with E-state index >= 15 is 0 Å². The molecule has 1 unspecified atom stereocenters. The second kappa shape index (κ2) is 8.24. The highest BCUT2D eigenvalue weighted by Crippen LogP contribution is 2.27. The molecule has 1 N–H and O–H groups in total. The van der Waals surface area contributed by atoms with Crippen molar-refractivity contribution in [3.8, 4) is 5.75 Å². The third kappa shape index (κ3) is 4.56. The Morgan fingerprint density at radius 3 is 2.68 bits per heavy atom. The first-order chi connectivity index (χ1) is 12.1. The van der Waals surface area contributed by atoms with Gasteiger partial charge in [-0.1, -0.05) is 24.6 Å². The zero-order chi connectivity index (χ0) is 17.8. The second-order valence-electron chi connectivity index (χ2n) is 6.27. The molecule has 132 valence electrons. The number of carbonyl (C=O) groups is 1. The fourth-order valence-electron chi connectivity index (χ4n) is 3.07. The largest absolute Gasteiger partial charge is 0.481 e. The lowest BCUT2D eigenvalue weighted by Crippen LogP contribution is -2.32. The Kier molecular flexibility index (Phi) is 6.02. The van der Waals surface area contributed by atoms with Crippen molar-refractivity contribution in [1.29, 1.82) is 0 Å². The van der Waals surface area contributed by atoms with E-state index in [0.29, 0.717) is 17.1 Å². The highest BCUT2D eigenvalue weighted by molar-refractivity contribution is 9.10. The Labute approximate surface area is 161 Å². The average Bonchev–Trinajstić information content (AvgIpc) is 2.62. The van der Waals surface area contributed by atoms with Gasteiger partial charge in [-0.15, -0.1) is 0 Å². The van der Waals surface area contributed by atoms with Gasteiger partial charge in [-0.2, -0.15) is 0 Å². The van der Waals surface area contributed by atoms with Gasteiger partial charge in [-0.25, -0.2) is 0 Å². The Bertz CT molecular complexity index is 778. The van der Waals surface area contributed by atoms with E-state index in [1.165, 1.54) is 24.0 Å². The summed E-state index contributed by atoms with van der Waals surface area (Å²) in [4.78, 5) is 12.5. The van der Waals surface area contributed by atoms with Crippen LogP contribution in [0.5, 0.6) is 5.75 Å². The summed E-state index contributed by atoms with van der Waals surface area (Å²) in [7, 11) is 0. The Morgan fingerprint density at radius 1 is 1.20 bits per heavy atom. The van der Waals surface area contributed by atoms with Gasteiger partial charge in [-0.3, -0.25) is 4.79 Å². The van der Waals surface area contributed by atoms with Crippen LogP contribution in [0, 0.1) is 0 Å². The minimum Gasteiger partial charge on any atom is -0.481 e. The monoisotopic (exact) mass is 421 g/mol. The lowest BCUT2D eigenvalue weighted by molar-refractivity contribution is -0.122. The van der Waals surface area contributed by atoms with Crippen LogP contribution in [0.15, 0.2) is 40.9 Å². The standard InChI is InChI=1S/C20H21BrClNO2/c1-2-19(20(24)23-15-8-10-17(21)18(22)12-15)25-16-9-7-13-5-3-4-6-14(13)11-16/h7-12,19H,2-6H2,1H3,(H,23,24). The van der Waals surface area contributed by atoms with Crippen LogP contribution in [0.25, 0.3) is 0 Å². The molecule has 3 nitrogen and oxygen atoms in total. The zero-order valence-corrected chi connectivity index (χ0v) is 16.5. The van der Waals surface area contributed by atoms with Gasteiger partial charge in [-0.05, 0) is 89.5 Å². The fraction of sp³-hybridized carbons (Fsp3) is 0.350. The van der Waals surface area contributed by atoms with Crippen LogP contribution in [0.3, 0.4) is 0 Å². The minimum absolute atomic E-state index is 0.168. The van der Waals surface area contributed by atoms with E-state index in [9.17, 15) is 4.79 Å². The van der Waals surface area contributed by atoms with Gasteiger partial charge in [0.2, 0.25) is 0 Å². The van der Waals surface area contributed by atoms with Gasteiger partial charge < -0.3 is 10.1 Å². The Hall–Kier alpha value is -1.52. The first kappa shape index (κ1) is 18.3. The summed E-state index contributed by atoms with van der Waals surface area (Å²) in [6.07, 6.45) is 4.75. The number of ether oxygens (including phenoxy) is 1. The molecule has 2 aromatic rings. The van der Waals surface area contributed by atoms with E-state index in [1.807, 2.05) is 19.1 Å². The summed E-state index contributed by atoms with van der Waals surface area (Å²) < 4.78 is 6.76. The molecule has 0 radical (unpaired) electrons. The van der Waals surface area contributed by atoms with Crippen molar-refractivity contribution in [2.75, 3.05) is 5.32 Å². The first-order valence-electron chi connectivity index (χ1n) is 8.61. The molecule has 3 rings (SSSR count). The molecule has 1 atom stereocenters. The number of carbonyl (C=O) groups excluding carboxylic acids is 1. The number of anilines is 1. The van der Waals surface area contributed by atoms with E-state index in [0.717, 1.165) is 23.1 Å². The number of amides is 1. The number of nitrogens with one attached hydrogen (secondary N) is 1. The van der Waals surface area contributed by atoms with Crippen LogP contribution in [0.1, 0.15) is 37.3 Å². The first-order valence-corrected chi connectivity index (χ1v) is 9.78. The van der Waals surface area contributed by atoms with E-state index in [-0.39, 0.29) is 5.91 Å². The minimum atomic E-state index is -0.538. The smallest absolute Gasteiger partial charge is 0.265 e. The predicted molar refractivity (Wildman–Crippen MR) is 106 cm³/mol. The van der Waals surface area contributed by atoms with Crippen molar-refractivity contribution in [3.05, 3.63) is 57.0 Å². The van der Waals surface area contributed by atoms with Gasteiger partial charge >= 0.3 is 0 Å². The van der Waals surface area contributed by atoms with E-state index in [2.05, 4.69) is 33.4 Å². The summed E-state index contributed by atoms with van der Waals surface area (Å²) >= 11 is 9.42. The molecule has 0 aromatic heterocycles. The van der Waals surface area contributed by atoms with E-state index in [1.54, 1.807) is 12.1 Å². The van der Waals surface area contributed by atoms with Crippen molar-refractivity contribution in [2.45, 2.75) is 45.1 Å². The number of benzene rings is 2. The van der Waals surface area contributed by atoms with E-state index in [4.69, 9.17) is 16.3 Å². The maximum Gasteiger partial charge on any atom is 0.265 e. The highest BCUT2D eigenvalue weighted by Gasteiger charge is 2.20. The summed E-state index contributed by atoms with van der Waals surface area (Å²) in [5, 5.41) is 3.43. The molecule has 0 aliphatic heterocycles. The summed E-state index contributed by atoms with van der Waals surface area (Å²) in [6.45, 7) is 1.94. The molecular formula is C20H21BrClNO2. The normalized spacial score (nSPS) is 14.5. The van der Waals surface area contributed by atoms with Crippen molar-refractivity contribution < 1.29 is 9.53 Å². The quantitative estimate of drug-likeness (QED) is 0.663. The van der Waals surface area contributed by atoms with Crippen LogP contribution < -0.4 is 10.1 Å². The molecule has 5 heteroatoms. The number of aryl methyl sites for hydroxylation is 2. The van der Waals surface area contributed by atoms with Gasteiger partial charge in [0.25, 0.3) is 5.91 Å². The Morgan fingerprint density at radius 2 is 1.96 bits per heavy atom. The topological polar surface area (TPSA) is 38.3 Å². The number of hydrogen-bond donors (Lipinski definition) is 1. The maximum atomic E-state index is 12.5. The summed E-state index contributed by atoms with van der Waals surface area (Å²) in [5.41, 5.74) is 3.41. The lowest BCUT2D eigenvalue weighted by Gasteiger charge is -2.20. The van der Waals surface area contributed by atoms with Crippen LogP contribution in [-0.2, 0) is 17.6 Å². The number of halogens is 2. The van der Waals surface area contributed by atoms with Crippen molar-refractivity contribution in [3.63, 3.8) is 0 Å². The van der Waals surface area contributed by atoms with E-state index < -0.39 is 6.10 Å². The molecule has 0 saturated heterocycles. The maximum absolute atomic E-state index is 12.5. The molecular weight excluding hydrogens is 402 g/mol. The molecule has 0 spiro atoms. The molecule has 1 aliphatic rings. The summed E-state index contributed by atoms with van der Waals surface area (Å²) in [6, 6.07) is 11.5. The second-order valence-corrected chi connectivity index (χ2v) is 7.53. The number of rotatable bonds is 5. The van der Waals surface area contributed by atoms with Gasteiger partial charge in [0.1, 0.15) is 5.75 Å². The summed E-state index contributed by atoms with van der Waals surface area (Å²) in [5.74, 6) is 0.593. The van der Waals surface area contributed by atoms with Crippen molar-refractivity contribution in [1.82, 2.24) is 0 Å². The highest BCUT2D eigenvalue weighted by atomic mass is 79.9. The SMILES string of the molecule is CCC(Oc1ccc2c(c1)CCCC2)C(=O)Nc1ccc(Br)c(Cl)c1. The fourth-order valence-corrected chi connectivity index (χ4v) is 3.49. The third-order valence-corrected chi connectivity index (χ3v) is 5.68. The van der Waals surface area contributed by atoms with Crippen LogP contribution >= 0.6 is 27.5 Å². The van der Waals surface area contributed by atoms with Crippen LogP contribution in [0.2, 0.25) is 5.02 Å². The molecule has 2 aromatic carbocycles. The van der Waals surface area contributed by atoms with Crippen molar-refractivity contribution in [2.24, 2.45) is 0 Å². The molecule has 1 aliphatic carbocycles. The van der Waals surface area contributed by atoms with Crippen LogP contribution in [0.4, 0.5) is 5.69 Å². The third-order valence-electron chi connectivity index (χ3n) is 4.45. The average molecular weight is 423 g/mol. The molecule has 0 heterocycles. The zero-order valence-electron chi connectivity index (χ0n) is 14.1. The van der Waals surface area contributed by atoms with Gasteiger partial charge in [0, 0.05) is 10.2 Å². The number of hydrogen-bond acceptors (Lipinski definition) is 2. The molecule has 25 heavy (non-hydrogen) atoms. The van der Waals surface area contributed by atoms with Crippen molar-refractivity contribution >= 4 is 39.1 Å². The number of fused-ring (bicyclic) bond motifs is 1. The Balaban J connectivity index is 1.69. The molecule has 0 bridgehead atoms. The van der Waals surface area contributed by atoms with Crippen LogP contribution in [-0.4, -0.2) is 12.0 Å². The molecule has 1 amide bonds. The lowest BCUT2D eigenvalue weighted by atomic mass is 9.92.